The average Bonchev–Trinajstić information content (AvgIpc) is 2.75. The van der Waals surface area contributed by atoms with Gasteiger partial charge in [-0.2, -0.15) is 0 Å². The normalized spacial score (nSPS) is 19.1. The second kappa shape index (κ2) is 5.46. The van der Waals surface area contributed by atoms with E-state index in [1.807, 2.05) is 13.0 Å². The molecular weight excluding hydrogens is 286 g/mol. The van der Waals surface area contributed by atoms with Gasteiger partial charge in [0, 0.05) is 17.3 Å². The zero-order valence-corrected chi connectivity index (χ0v) is 11.1. The van der Waals surface area contributed by atoms with Crippen molar-refractivity contribution in [1.29, 1.82) is 0 Å². The number of aryl methyl sites for hydroxylation is 1. The van der Waals surface area contributed by atoms with Crippen LogP contribution in [0.2, 0.25) is 0 Å². The van der Waals surface area contributed by atoms with E-state index in [9.17, 15) is 4.79 Å². The minimum atomic E-state index is -0.238. The molecule has 1 unspecified atom stereocenters. The van der Waals surface area contributed by atoms with Crippen LogP contribution in [0.5, 0.6) is 0 Å². The van der Waals surface area contributed by atoms with Crippen LogP contribution in [0.25, 0.3) is 0 Å². The molecule has 0 saturated carbocycles. The first kappa shape index (κ1) is 12.3. The maximum absolute atomic E-state index is 11.7. The Morgan fingerprint density at radius 2 is 2.47 bits per heavy atom. The van der Waals surface area contributed by atoms with Gasteiger partial charge in [-0.05, 0) is 40.9 Å². The number of nitrogens with zero attached hydrogens (tertiary/aromatic N) is 1. The number of rotatable bonds is 2. The molecular formula is C11H14BrN3O2. The van der Waals surface area contributed by atoms with E-state index in [-0.39, 0.29) is 12.1 Å². The molecule has 92 valence electrons. The minimum Gasteiger partial charge on any atom is -0.379 e. The van der Waals surface area contributed by atoms with Crippen molar-refractivity contribution < 1.29 is 9.53 Å². The summed E-state index contributed by atoms with van der Waals surface area (Å²) in [5, 5.41) is 5.57. The highest BCUT2D eigenvalue weighted by atomic mass is 79.9. The fraction of sp³-hybridized carbons (Fsp3) is 0.455. The predicted molar refractivity (Wildman–Crippen MR) is 68.1 cm³/mol. The lowest BCUT2D eigenvalue weighted by Gasteiger charge is -2.12. The van der Waals surface area contributed by atoms with E-state index in [1.165, 1.54) is 0 Å². The second-order valence-electron chi connectivity index (χ2n) is 3.98. The van der Waals surface area contributed by atoms with Gasteiger partial charge in [0.2, 0.25) is 0 Å². The van der Waals surface area contributed by atoms with Gasteiger partial charge >= 0.3 is 6.03 Å². The van der Waals surface area contributed by atoms with Crippen molar-refractivity contribution in [2.24, 2.45) is 0 Å². The molecule has 2 rings (SSSR count). The summed E-state index contributed by atoms with van der Waals surface area (Å²) < 4.78 is 6.08. The van der Waals surface area contributed by atoms with Crippen LogP contribution in [0.3, 0.4) is 0 Å². The molecule has 2 N–H and O–H groups in total. The molecule has 2 amide bonds. The number of hydrogen-bond donors (Lipinski definition) is 2. The third kappa shape index (κ3) is 3.41. The zero-order chi connectivity index (χ0) is 12.3. The number of carbonyl (C=O) groups is 1. The van der Waals surface area contributed by atoms with Crippen LogP contribution in [0.15, 0.2) is 16.7 Å². The highest BCUT2D eigenvalue weighted by molar-refractivity contribution is 9.10. The predicted octanol–water partition coefficient (Wildman–Crippen LogP) is 2.06. The smallest absolute Gasteiger partial charge is 0.320 e. The number of pyridine rings is 1. The first-order chi connectivity index (χ1) is 8.15. The van der Waals surface area contributed by atoms with E-state index in [0.717, 1.165) is 16.5 Å². The maximum atomic E-state index is 11.7. The Labute approximate surface area is 108 Å². The fourth-order valence-electron chi connectivity index (χ4n) is 1.65. The summed E-state index contributed by atoms with van der Waals surface area (Å²) in [5.41, 5.74) is 0.914. The van der Waals surface area contributed by atoms with Crippen molar-refractivity contribution in [2.45, 2.75) is 19.4 Å². The van der Waals surface area contributed by atoms with Crippen LogP contribution in [0.1, 0.15) is 12.0 Å². The van der Waals surface area contributed by atoms with Gasteiger partial charge in [0.15, 0.2) is 0 Å². The Balaban J connectivity index is 1.93. The van der Waals surface area contributed by atoms with Gasteiger partial charge in [-0.15, -0.1) is 0 Å². The standard InChI is InChI=1S/C11H14BrN3O2/c1-7-4-8(12)5-13-10(7)15-11(16)14-9-2-3-17-6-9/h4-5,9H,2-3,6H2,1H3,(H2,13,14,15,16). The number of ether oxygens (including phenoxy) is 1. The van der Waals surface area contributed by atoms with Crippen LogP contribution < -0.4 is 10.6 Å². The first-order valence-electron chi connectivity index (χ1n) is 5.42. The molecule has 17 heavy (non-hydrogen) atoms. The number of aromatic nitrogens is 1. The molecule has 1 aromatic heterocycles. The van der Waals surface area contributed by atoms with Gasteiger partial charge in [0.05, 0.1) is 12.6 Å². The van der Waals surface area contributed by atoms with Gasteiger partial charge in [-0.3, -0.25) is 5.32 Å². The molecule has 0 radical (unpaired) electrons. The summed E-state index contributed by atoms with van der Waals surface area (Å²) >= 11 is 3.33. The Bertz CT molecular complexity index is 419. The van der Waals surface area contributed by atoms with Gasteiger partial charge in [0.1, 0.15) is 5.82 Å². The summed E-state index contributed by atoms with van der Waals surface area (Å²) in [6.07, 6.45) is 2.52. The SMILES string of the molecule is Cc1cc(Br)cnc1NC(=O)NC1CCOC1. The number of hydrogen-bond acceptors (Lipinski definition) is 3. The average molecular weight is 300 g/mol. The summed E-state index contributed by atoms with van der Waals surface area (Å²) in [6.45, 7) is 3.19. The lowest BCUT2D eigenvalue weighted by atomic mass is 10.2. The Morgan fingerprint density at radius 3 is 3.12 bits per heavy atom. The molecule has 2 heterocycles. The largest absolute Gasteiger partial charge is 0.379 e. The van der Waals surface area contributed by atoms with Crippen molar-refractivity contribution in [1.82, 2.24) is 10.3 Å². The van der Waals surface area contributed by atoms with Crippen molar-refractivity contribution in [2.75, 3.05) is 18.5 Å². The quantitative estimate of drug-likeness (QED) is 0.879. The van der Waals surface area contributed by atoms with Crippen molar-refractivity contribution >= 4 is 27.8 Å². The number of anilines is 1. The number of halogens is 1. The molecule has 1 aliphatic heterocycles. The Kier molecular flexibility index (Phi) is 3.96. The minimum absolute atomic E-state index is 0.103. The molecule has 0 spiro atoms. The number of carbonyl (C=O) groups excluding carboxylic acids is 1. The Morgan fingerprint density at radius 1 is 1.65 bits per heavy atom. The number of amides is 2. The van der Waals surface area contributed by atoms with Crippen LogP contribution in [-0.2, 0) is 4.74 Å². The van der Waals surface area contributed by atoms with E-state index in [1.54, 1.807) is 6.20 Å². The molecule has 5 nitrogen and oxygen atoms in total. The van der Waals surface area contributed by atoms with E-state index in [2.05, 4.69) is 31.5 Å². The highest BCUT2D eigenvalue weighted by Crippen LogP contribution is 2.16. The van der Waals surface area contributed by atoms with Gasteiger partial charge in [0.25, 0.3) is 0 Å². The molecule has 0 bridgehead atoms. The van der Waals surface area contributed by atoms with Crippen molar-refractivity contribution in [3.8, 4) is 0 Å². The van der Waals surface area contributed by atoms with Gasteiger partial charge in [-0.1, -0.05) is 0 Å². The first-order valence-corrected chi connectivity index (χ1v) is 6.22. The van der Waals surface area contributed by atoms with Gasteiger partial charge in [-0.25, -0.2) is 9.78 Å². The topological polar surface area (TPSA) is 63.2 Å². The lowest BCUT2D eigenvalue weighted by Crippen LogP contribution is -2.38. The third-order valence-electron chi connectivity index (χ3n) is 2.54. The molecule has 1 aromatic rings. The van der Waals surface area contributed by atoms with Crippen LogP contribution in [0.4, 0.5) is 10.6 Å². The summed E-state index contributed by atoms with van der Waals surface area (Å²) in [5.74, 6) is 0.574. The van der Waals surface area contributed by atoms with E-state index in [4.69, 9.17) is 4.74 Å². The molecule has 1 atom stereocenters. The second-order valence-corrected chi connectivity index (χ2v) is 4.89. The summed E-state index contributed by atoms with van der Waals surface area (Å²) in [4.78, 5) is 15.8. The van der Waals surface area contributed by atoms with Crippen molar-refractivity contribution in [3.05, 3.63) is 22.3 Å². The van der Waals surface area contributed by atoms with E-state index >= 15 is 0 Å². The van der Waals surface area contributed by atoms with Crippen LogP contribution >= 0.6 is 15.9 Å². The third-order valence-corrected chi connectivity index (χ3v) is 2.98. The number of urea groups is 1. The van der Waals surface area contributed by atoms with E-state index < -0.39 is 0 Å². The number of nitrogens with one attached hydrogen (secondary N) is 2. The van der Waals surface area contributed by atoms with Gasteiger partial charge < -0.3 is 10.1 Å². The lowest BCUT2D eigenvalue weighted by molar-refractivity contribution is 0.189. The molecule has 1 saturated heterocycles. The molecule has 0 aromatic carbocycles. The van der Waals surface area contributed by atoms with Crippen LogP contribution in [0, 0.1) is 6.92 Å². The summed E-state index contributed by atoms with van der Waals surface area (Å²) in [6, 6.07) is 1.77. The molecule has 1 aliphatic rings. The van der Waals surface area contributed by atoms with E-state index in [0.29, 0.717) is 19.0 Å². The summed E-state index contributed by atoms with van der Waals surface area (Å²) in [7, 11) is 0. The zero-order valence-electron chi connectivity index (χ0n) is 9.50. The maximum Gasteiger partial charge on any atom is 0.320 e. The van der Waals surface area contributed by atoms with Crippen molar-refractivity contribution in [3.63, 3.8) is 0 Å². The monoisotopic (exact) mass is 299 g/mol. The highest BCUT2D eigenvalue weighted by Gasteiger charge is 2.18. The molecule has 6 heteroatoms. The molecule has 0 aliphatic carbocycles. The molecule has 1 fully saturated rings. The Hall–Kier alpha value is -1.14. The fourth-order valence-corrected chi connectivity index (χ4v) is 2.09. The van der Waals surface area contributed by atoms with Crippen LogP contribution in [-0.4, -0.2) is 30.3 Å².